The molecule has 10 heteroatoms. The van der Waals surface area contributed by atoms with E-state index in [-0.39, 0.29) is 19.7 Å². The Morgan fingerprint density at radius 1 is 1.30 bits per heavy atom. The Kier molecular flexibility index (Phi) is 9.76. The van der Waals surface area contributed by atoms with Crippen molar-refractivity contribution in [2.75, 3.05) is 33.4 Å². The zero-order valence-electron chi connectivity index (χ0n) is 21.4. The Morgan fingerprint density at radius 3 is 2.68 bits per heavy atom. The zero-order chi connectivity index (χ0) is 27.2. The van der Waals surface area contributed by atoms with Gasteiger partial charge in [-0.3, -0.25) is 9.59 Å². The summed E-state index contributed by atoms with van der Waals surface area (Å²) in [6.45, 7) is 6.58. The van der Waals surface area contributed by atoms with Crippen LogP contribution in [0.5, 0.6) is 5.75 Å². The van der Waals surface area contributed by atoms with Crippen LogP contribution < -0.4 is 4.74 Å². The average Bonchev–Trinajstić information content (AvgIpc) is 3.36. The number of carboxylic acid groups (broad SMARTS) is 1. The van der Waals surface area contributed by atoms with E-state index in [4.69, 9.17) is 9.47 Å². The number of hydrogen-bond donors (Lipinski definition) is 1. The maximum Gasteiger partial charge on any atom is 0.331 e. The minimum absolute atomic E-state index is 0.114. The summed E-state index contributed by atoms with van der Waals surface area (Å²) >= 11 is 4.95. The number of methoxy groups -OCH3 is 1. The number of nitrogens with zero attached hydrogens (tertiary/aromatic N) is 2. The highest BCUT2D eigenvalue weighted by Crippen LogP contribution is 2.37. The van der Waals surface area contributed by atoms with Gasteiger partial charge in [-0.25, -0.2) is 4.79 Å². The smallest absolute Gasteiger partial charge is 0.331 e. The van der Waals surface area contributed by atoms with Crippen molar-refractivity contribution >= 4 is 45.1 Å². The van der Waals surface area contributed by atoms with Crippen molar-refractivity contribution in [3.63, 3.8) is 0 Å². The molecule has 0 radical (unpaired) electrons. The third-order valence-electron chi connectivity index (χ3n) is 5.95. The lowest BCUT2D eigenvalue weighted by atomic mass is 9.92. The molecule has 0 aliphatic carbocycles. The minimum atomic E-state index is -1.27. The monoisotopic (exact) mass is 590 g/mol. The number of halogens is 1. The van der Waals surface area contributed by atoms with Crippen LogP contribution in [0, 0.1) is 11.8 Å². The Bertz CT molecular complexity index is 1200. The van der Waals surface area contributed by atoms with Gasteiger partial charge in [0, 0.05) is 25.2 Å². The molecule has 198 valence electrons. The molecule has 0 saturated heterocycles. The SMILES string of the molecule is COc1cc2c(cc1Br)C(C(=O)O)N(C(=O)C(=O)N(CCCOCC#Cc1cccs1)C(C)(C)C)CC2. The molecule has 1 aliphatic rings. The molecule has 1 aromatic heterocycles. The van der Waals surface area contributed by atoms with Crippen LogP contribution in [-0.2, 0) is 25.5 Å². The Labute approximate surface area is 229 Å². The fourth-order valence-electron chi connectivity index (χ4n) is 4.16. The first-order chi connectivity index (χ1) is 17.5. The Hall–Kier alpha value is -2.87. The largest absolute Gasteiger partial charge is 0.496 e. The third-order valence-corrected chi connectivity index (χ3v) is 7.36. The highest BCUT2D eigenvalue weighted by Gasteiger charge is 2.41. The number of aliphatic carboxylic acids is 1. The maximum atomic E-state index is 13.4. The van der Waals surface area contributed by atoms with Crippen molar-refractivity contribution in [2.24, 2.45) is 0 Å². The van der Waals surface area contributed by atoms with E-state index in [1.807, 2.05) is 38.3 Å². The number of benzene rings is 1. The van der Waals surface area contributed by atoms with Gasteiger partial charge in [0.25, 0.3) is 0 Å². The van der Waals surface area contributed by atoms with E-state index in [9.17, 15) is 19.5 Å². The second kappa shape index (κ2) is 12.6. The number of ether oxygens (including phenoxy) is 2. The summed E-state index contributed by atoms with van der Waals surface area (Å²) in [6, 6.07) is 6.02. The van der Waals surface area contributed by atoms with Crippen LogP contribution in [-0.4, -0.2) is 71.6 Å². The number of carboxylic acids is 1. The molecule has 1 unspecified atom stereocenters. The lowest BCUT2D eigenvalue weighted by Gasteiger charge is -2.39. The molecular formula is C27H31BrN2O6S. The number of rotatable bonds is 7. The molecular weight excluding hydrogens is 560 g/mol. The molecule has 0 spiro atoms. The molecule has 3 rings (SSSR count). The molecule has 0 bridgehead atoms. The minimum Gasteiger partial charge on any atom is -0.496 e. The molecule has 0 saturated carbocycles. The molecule has 0 fully saturated rings. The molecule has 8 nitrogen and oxygen atoms in total. The van der Waals surface area contributed by atoms with Gasteiger partial charge in [0.2, 0.25) is 0 Å². The first kappa shape index (κ1) is 28.7. The summed E-state index contributed by atoms with van der Waals surface area (Å²) in [5, 5.41) is 12.0. The fourth-order valence-corrected chi connectivity index (χ4v) is 5.28. The number of carbonyl (C=O) groups excluding carboxylic acids is 2. The molecule has 2 heterocycles. The predicted octanol–water partition coefficient (Wildman–Crippen LogP) is 4.12. The van der Waals surface area contributed by atoms with Crippen LogP contribution in [0.4, 0.5) is 0 Å². The highest BCUT2D eigenvalue weighted by molar-refractivity contribution is 9.10. The van der Waals surface area contributed by atoms with Crippen molar-refractivity contribution < 1.29 is 29.0 Å². The van der Waals surface area contributed by atoms with Crippen molar-refractivity contribution in [3.05, 3.63) is 50.1 Å². The van der Waals surface area contributed by atoms with Crippen LogP contribution in [0.15, 0.2) is 34.1 Å². The van der Waals surface area contributed by atoms with Crippen molar-refractivity contribution in [2.45, 2.75) is 45.2 Å². The number of carbonyl (C=O) groups is 3. The maximum absolute atomic E-state index is 13.4. The van der Waals surface area contributed by atoms with Gasteiger partial charge in [-0.15, -0.1) is 11.3 Å². The van der Waals surface area contributed by atoms with Crippen LogP contribution in [0.3, 0.4) is 0 Å². The second-order valence-electron chi connectivity index (χ2n) is 9.49. The predicted molar refractivity (Wildman–Crippen MR) is 145 cm³/mol. The molecule has 2 amide bonds. The van der Waals surface area contributed by atoms with E-state index in [0.717, 1.165) is 15.3 Å². The van der Waals surface area contributed by atoms with E-state index in [1.54, 1.807) is 23.5 Å². The van der Waals surface area contributed by atoms with E-state index in [2.05, 4.69) is 27.8 Å². The van der Waals surface area contributed by atoms with Gasteiger partial charge in [-0.1, -0.05) is 17.9 Å². The van der Waals surface area contributed by atoms with Crippen LogP contribution >= 0.6 is 27.3 Å². The summed E-state index contributed by atoms with van der Waals surface area (Å²) in [4.78, 5) is 42.6. The Morgan fingerprint density at radius 2 is 2.05 bits per heavy atom. The summed E-state index contributed by atoms with van der Waals surface area (Å²) < 4.78 is 11.5. The Balaban J connectivity index is 1.68. The topological polar surface area (TPSA) is 96.4 Å². The molecule has 1 N–H and O–H groups in total. The lowest BCUT2D eigenvalue weighted by molar-refractivity contribution is -0.160. The summed E-state index contributed by atoms with van der Waals surface area (Å²) in [5.74, 6) is 3.80. The molecule has 37 heavy (non-hydrogen) atoms. The first-order valence-electron chi connectivity index (χ1n) is 11.9. The lowest BCUT2D eigenvalue weighted by Crippen LogP contribution is -2.55. The average molecular weight is 592 g/mol. The summed E-state index contributed by atoms with van der Waals surface area (Å²) in [7, 11) is 1.53. The number of thiophene rings is 1. The summed E-state index contributed by atoms with van der Waals surface area (Å²) in [6.07, 6.45) is 0.923. The quantitative estimate of drug-likeness (QED) is 0.296. The first-order valence-corrected chi connectivity index (χ1v) is 13.5. The standard InChI is InChI=1S/C27H31BrN2O6S/c1-27(2,3)30(11-7-14-36-13-5-8-19-9-6-15-37-19)25(32)24(31)29-12-10-18-16-22(35-4)21(28)17-20(18)23(29)26(33)34/h6,9,15-17,23H,7,10-14H2,1-4H3,(H,33,34). The molecule has 1 aromatic carbocycles. The van der Waals surface area contributed by atoms with Crippen molar-refractivity contribution in [1.82, 2.24) is 9.80 Å². The second-order valence-corrected chi connectivity index (χ2v) is 11.3. The third kappa shape index (κ3) is 7.12. The molecule has 1 atom stereocenters. The van der Waals surface area contributed by atoms with E-state index in [0.29, 0.717) is 35.2 Å². The van der Waals surface area contributed by atoms with Gasteiger partial charge >= 0.3 is 17.8 Å². The van der Waals surface area contributed by atoms with Gasteiger partial charge < -0.3 is 24.4 Å². The van der Waals surface area contributed by atoms with Crippen LogP contribution in [0.2, 0.25) is 0 Å². The molecule has 1 aliphatic heterocycles. The fraction of sp³-hybridized carbons (Fsp3) is 0.444. The van der Waals surface area contributed by atoms with Crippen molar-refractivity contribution in [1.29, 1.82) is 0 Å². The highest BCUT2D eigenvalue weighted by atomic mass is 79.9. The molecule has 2 aromatic rings. The number of hydrogen-bond acceptors (Lipinski definition) is 6. The van der Waals surface area contributed by atoms with E-state index >= 15 is 0 Å². The van der Waals surface area contributed by atoms with Gasteiger partial charge in [0.15, 0.2) is 6.04 Å². The van der Waals surface area contributed by atoms with E-state index < -0.39 is 29.4 Å². The van der Waals surface area contributed by atoms with Gasteiger partial charge in [-0.05, 0) is 84.2 Å². The summed E-state index contributed by atoms with van der Waals surface area (Å²) in [5.41, 5.74) is 0.594. The number of amides is 2. The van der Waals surface area contributed by atoms with Crippen molar-refractivity contribution in [3.8, 4) is 17.6 Å². The van der Waals surface area contributed by atoms with Gasteiger partial charge in [0.05, 0.1) is 16.5 Å². The number of fused-ring (bicyclic) bond motifs is 1. The zero-order valence-corrected chi connectivity index (χ0v) is 23.8. The normalized spacial score (nSPS) is 14.8. The van der Waals surface area contributed by atoms with Gasteiger partial charge in [-0.2, -0.15) is 0 Å². The van der Waals surface area contributed by atoms with E-state index in [1.165, 1.54) is 12.0 Å². The van der Waals surface area contributed by atoms with Gasteiger partial charge in [0.1, 0.15) is 12.4 Å². The van der Waals surface area contributed by atoms with Crippen LogP contribution in [0.1, 0.15) is 49.2 Å². The van der Waals surface area contributed by atoms with Crippen LogP contribution in [0.25, 0.3) is 0 Å².